The van der Waals surface area contributed by atoms with E-state index in [-0.39, 0.29) is 11.4 Å². The Bertz CT molecular complexity index is 362. The van der Waals surface area contributed by atoms with E-state index in [9.17, 15) is 9.59 Å². The molecule has 1 aromatic rings. The first-order valence-corrected chi connectivity index (χ1v) is 3.81. The number of carbonyl (C=O) groups excluding carboxylic acids is 2. The molecule has 0 saturated heterocycles. The summed E-state index contributed by atoms with van der Waals surface area (Å²) in [5.41, 5.74) is 0.179. The first kappa shape index (κ1) is 10.2. The Labute approximate surface area is 80.7 Å². The van der Waals surface area contributed by atoms with Crippen LogP contribution in [0.3, 0.4) is 0 Å². The van der Waals surface area contributed by atoms with Gasteiger partial charge in [-0.25, -0.2) is 9.78 Å². The summed E-state index contributed by atoms with van der Waals surface area (Å²) in [6.45, 7) is 0. The predicted molar refractivity (Wildman–Crippen MR) is 47.5 cm³/mol. The molecular weight excluding hydrogens is 186 g/mol. The summed E-state index contributed by atoms with van der Waals surface area (Å²) in [4.78, 5) is 25.3. The highest BCUT2D eigenvalue weighted by molar-refractivity contribution is 5.88. The minimum absolute atomic E-state index is 0.0500. The second kappa shape index (κ2) is 4.36. The topological polar surface area (TPSA) is 65.5 Å². The molecule has 0 saturated carbocycles. The summed E-state index contributed by atoms with van der Waals surface area (Å²) in [6.07, 6.45) is 0.537. The maximum absolute atomic E-state index is 11.1. The molecule has 0 aliphatic carbocycles. The minimum atomic E-state index is -0.605. The van der Waals surface area contributed by atoms with E-state index < -0.39 is 5.97 Å². The van der Waals surface area contributed by atoms with Gasteiger partial charge in [0.2, 0.25) is 0 Å². The van der Waals surface area contributed by atoms with E-state index in [0.29, 0.717) is 12.0 Å². The molecule has 5 nitrogen and oxygen atoms in total. The van der Waals surface area contributed by atoms with Crippen LogP contribution in [-0.2, 0) is 4.74 Å². The number of esters is 1. The number of pyridine rings is 1. The molecule has 74 valence electrons. The molecule has 1 aromatic heterocycles. The number of hydrogen-bond donors (Lipinski definition) is 0. The van der Waals surface area contributed by atoms with Gasteiger partial charge >= 0.3 is 5.97 Å². The zero-order valence-electron chi connectivity index (χ0n) is 7.81. The number of nitrogens with zero attached hydrogens (tertiary/aromatic N) is 1. The highest BCUT2D eigenvalue weighted by atomic mass is 16.5. The predicted octanol–water partition coefficient (Wildman–Crippen LogP) is 0.689. The van der Waals surface area contributed by atoms with Crippen molar-refractivity contribution < 1.29 is 19.1 Å². The van der Waals surface area contributed by atoms with E-state index >= 15 is 0 Å². The molecule has 1 rings (SSSR count). The first-order chi connectivity index (χ1) is 6.71. The molecule has 0 N–H and O–H groups in total. The fraction of sp³-hybridized carbons (Fsp3) is 0.222. The van der Waals surface area contributed by atoms with Crippen LogP contribution >= 0.6 is 0 Å². The van der Waals surface area contributed by atoms with Crippen LogP contribution in [0.15, 0.2) is 12.1 Å². The molecule has 0 unspecified atom stereocenters. The van der Waals surface area contributed by atoms with Crippen LogP contribution in [0.4, 0.5) is 0 Å². The summed E-state index contributed by atoms with van der Waals surface area (Å²) in [6, 6.07) is 2.83. The summed E-state index contributed by atoms with van der Waals surface area (Å²) >= 11 is 0. The first-order valence-electron chi connectivity index (χ1n) is 3.81. The summed E-state index contributed by atoms with van der Waals surface area (Å²) < 4.78 is 9.35. The molecule has 14 heavy (non-hydrogen) atoms. The summed E-state index contributed by atoms with van der Waals surface area (Å²) in [7, 11) is 2.68. The van der Waals surface area contributed by atoms with Crippen LogP contribution in [0.1, 0.15) is 21.0 Å². The van der Waals surface area contributed by atoms with Crippen molar-refractivity contribution in [3.8, 4) is 5.75 Å². The minimum Gasteiger partial charge on any atom is -0.497 e. The van der Waals surface area contributed by atoms with Gasteiger partial charge in [0, 0.05) is 12.1 Å². The average molecular weight is 195 g/mol. The van der Waals surface area contributed by atoms with Gasteiger partial charge in [0.05, 0.1) is 14.2 Å². The Balaban J connectivity index is 3.16. The Morgan fingerprint density at radius 3 is 2.64 bits per heavy atom. The standard InChI is InChI=1S/C9H9NO4/c1-13-7-3-6(5-11)10-8(4-7)9(12)14-2/h3-5H,1-2H3. The third-order valence-corrected chi connectivity index (χ3v) is 1.57. The molecule has 0 amide bonds. The van der Waals surface area contributed by atoms with Gasteiger partial charge in [-0.15, -0.1) is 0 Å². The smallest absolute Gasteiger partial charge is 0.356 e. The van der Waals surface area contributed by atoms with Crippen LogP contribution in [0.2, 0.25) is 0 Å². The Morgan fingerprint density at radius 2 is 2.14 bits per heavy atom. The van der Waals surface area contributed by atoms with Crippen molar-refractivity contribution in [3.05, 3.63) is 23.5 Å². The fourth-order valence-corrected chi connectivity index (χ4v) is 0.913. The maximum atomic E-state index is 11.1. The highest BCUT2D eigenvalue weighted by Crippen LogP contribution is 2.13. The maximum Gasteiger partial charge on any atom is 0.356 e. The van der Waals surface area contributed by atoms with Crippen molar-refractivity contribution in [3.63, 3.8) is 0 Å². The van der Waals surface area contributed by atoms with E-state index in [2.05, 4.69) is 9.72 Å². The van der Waals surface area contributed by atoms with Crippen molar-refractivity contribution in [1.82, 2.24) is 4.98 Å². The van der Waals surface area contributed by atoms with E-state index in [1.54, 1.807) is 0 Å². The monoisotopic (exact) mass is 195 g/mol. The van der Waals surface area contributed by atoms with Crippen molar-refractivity contribution in [2.75, 3.05) is 14.2 Å². The normalized spacial score (nSPS) is 9.29. The quantitative estimate of drug-likeness (QED) is 0.524. The van der Waals surface area contributed by atoms with Gasteiger partial charge in [-0.2, -0.15) is 0 Å². The molecule has 0 spiro atoms. The Kier molecular flexibility index (Phi) is 3.17. The van der Waals surface area contributed by atoms with Gasteiger partial charge in [0.15, 0.2) is 12.0 Å². The van der Waals surface area contributed by atoms with E-state index in [0.717, 1.165) is 0 Å². The third kappa shape index (κ3) is 2.07. The lowest BCUT2D eigenvalue weighted by atomic mass is 10.3. The molecule has 5 heteroatoms. The van der Waals surface area contributed by atoms with Crippen molar-refractivity contribution in [2.24, 2.45) is 0 Å². The lowest BCUT2D eigenvalue weighted by Gasteiger charge is -2.03. The number of hydrogen-bond acceptors (Lipinski definition) is 5. The zero-order chi connectivity index (χ0) is 10.6. The third-order valence-electron chi connectivity index (χ3n) is 1.57. The average Bonchev–Trinajstić information content (AvgIpc) is 2.27. The van der Waals surface area contributed by atoms with Crippen LogP contribution in [-0.4, -0.2) is 31.5 Å². The van der Waals surface area contributed by atoms with Gasteiger partial charge < -0.3 is 9.47 Å². The number of carbonyl (C=O) groups is 2. The molecule has 0 fully saturated rings. The SMILES string of the molecule is COC(=O)c1cc(OC)cc(C=O)n1. The van der Waals surface area contributed by atoms with Crippen molar-refractivity contribution in [2.45, 2.75) is 0 Å². The van der Waals surface area contributed by atoms with Crippen LogP contribution in [0.25, 0.3) is 0 Å². The van der Waals surface area contributed by atoms with Gasteiger partial charge in [0.25, 0.3) is 0 Å². The fourth-order valence-electron chi connectivity index (χ4n) is 0.913. The van der Waals surface area contributed by atoms with Gasteiger partial charge in [0.1, 0.15) is 11.4 Å². The number of methoxy groups -OCH3 is 2. The van der Waals surface area contributed by atoms with Gasteiger partial charge in [-0.3, -0.25) is 4.79 Å². The second-order valence-electron chi connectivity index (χ2n) is 2.43. The van der Waals surface area contributed by atoms with Crippen LogP contribution in [0.5, 0.6) is 5.75 Å². The molecular formula is C9H9NO4. The lowest BCUT2D eigenvalue weighted by Crippen LogP contribution is -2.06. The number of aldehydes is 1. The molecule has 0 aliphatic rings. The Hall–Kier alpha value is -1.91. The molecule has 0 bridgehead atoms. The summed E-state index contributed by atoms with van der Waals surface area (Å²) in [5.74, 6) is -0.213. The molecule has 0 radical (unpaired) electrons. The van der Waals surface area contributed by atoms with Crippen LogP contribution in [0, 0.1) is 0 Å². The Morgan fingerprint density at radius 1 is 1.43 bits per heavy atom. The number of rotatable bonds is 3. The van der Waals surface area contributed by atoms with Gasteiger partial charge in [-0.1, -0.05) is 0 Å². The number of ether oxygens (including phenoxy) is 2. The van der Waals surface area contributed by atoms with Crippen molar-refractivity contribution in [1.29, 1.82) is 0 Å². The van der Waals surface area contributed by atoms with E-state index in [1.807, 2.05) is 0 Å². The largest absolute Gasteiger partial charge is 0.497 e. The molecule has 0 aromatic carbocycles. The molecule has 0 aliphatic heterocycles. The van der Waals surface area contributed by atoms with Gasteiger partial charge in [-0.05, 0) is 0 Å². The zero-order valence-corrected chi connectivity index (χ0v) is 7.81. The van der Waals surface area contributed by atoms with Crippen molar-refractivity contribution >= 4 is 12.3 Å². The second-order valence-corrected chi connectivity index (χ2v) is 2.43. The van der Waals surface area contributed by atoms with Crippen LogP contribution < -0.4 is 4.74 Å². The van der Waals surface area contributed by atoms with E-state index in [4.69, 9.17) is 4.74 Å². The lowest BCUT2D eigenvalue weighted by molar-refractivity contribution is 0.0593. The molecule has 0 atom stereocenters. The highest BCUT2D eigenvalue weighted by Gasteiger charge is 2.10. The number of aromatic nitrogens is 1. The van der Waals surface area contributed by atoms with E-state index in [1.165, 1.54) is 26.4 Å². The molecule has 1 heterocycles. The summed E-state index contributed by atoms with van der Waals surface area (Å²) in [5, 5.41) is 0.